The zero-order valence-corrected chi connectivity index (χ0v) is 10.2. The van der Waals surface area contributed by atoms with E-state index in [1.807, 2.05) is 0 Å². The van der Waals surface area contributed by atoms with Crippen molar-refractivity contribution < 1.29 is 0 Å². The Balaban J connectivity index is 2.40. The smallest absolute Gasteiger partial charge is 0.0195 e. The van der Waals surface area contributed by atoms with E-state index < -0.39 is 0 Å². The van der Waals surface area contributed by atoms with Gasteiger partial charge >= 0.3 is 0 Å². The molecule has 0 spiro atoms. The van der Waals surface area contributed by atoms with Gasteiger partial charge in [-0.2, -0.15) is 0 Å². The summed E-state index contributed by atoms with van der Waals surface area (Å²) in [6.45, 7) is 12.8. The molecule has 0 aliphatic carbocycles. The Bertz CT molecular complexity index is 156. The predicted octanol–water partition coefficient (Wildman–Crippen LogP) is 2.10. The van der Waals surface area contributed by atoms with Crippen molar-refractivity contribution >= 4 is 0 Å². The van der Waals surface area contributed by atoms with Gasteiger partial charge in [0.15, 0.2) is 0 Å². The summed E-state index contributed by atoms with van der Waals surface area (Å²) < 4.78 is 0. The van der Waals surface area contributed by atoms with Gasteiger partial charge in [-0.15, -0.1) is 0 Å². The summed E-state index contributed by atoms with van der Waals surface area (Å²) in [5.41, 5.74) is 0. The molecule has 0 saturated carbocycles. The topological polar surface area (TPSA) is 15.3 Å². The normalized spacial score (nSPS) is 25.9. The first-order valence-corrected chi connectivity index (χ1v) is 6.13. The molecule has 0 aromatic rings. The molecule has 84 valence electrons. The number of nitrogens with one attached hydrogen (secondary N) is 1. The first-order valence-electron chi connectivity index (χ1n) is 6.13. The monoisotopic (exact) mass is 198 g/mol. The second kappa shape index (κ2) is 5.72. The van der Waals surface area contributed by atoms with Gasteiger partial charge in [-0.1, -0.05) is 20.8 Å². The lowest BCUT2D eigenvalue weighted by Gasteiger charge is -2.33. The number of likely N-dealkylation sites (N-methyl/N-ethyl adjacent to an activating group) is 1. The lowest BCUT2D eigenvalue weighted by atomic mass is 10.0. The van der Waals surface area contributed by atoms with Crippen LogP contribution in [0.25, 0.3) is 0 Å². The Morgan fingerprint density at radius 3 is 2.64 bits per heavy atom. The molecule has 0 bridgehead atoms. The maximum absolute atomic E-state index is 3.44. The van der Waals surface area contributed by atoms with Crippen LogP contribution in [0.4, 0.5) is 0 Å². The highest BCUT2D eigenvalue weighted by Crippen LogP contribution is 2.25. The Labute approximate surface area is 89.1 Å². The van der Waals surface area contributed by atoms with Crippen molar-refractivity contribution in [2.75, 3.05) is 19.6 Å². The van der Waals surface area contributed by atoms with Gasteiger partial charge in [-0.3, -0.25) is 4.90 Å². The van der Waals surface area contributed by atoms with E-state index in [-0.39, 0.29) is 0 Å². The molecule has 0 aromatic heterocycles. The molecule has 1 N–H and O–H groups in total. The summed E-state index contributed by atoms with van der Waals surface area (Å²) in [4.78, 5) is 2.69. The van der Waals surface area contributed by atoms with Gasteiger partial charge in [0.2, 0.25) is 0 Å². The zero-order valence-electron chi connectivity index (χ0n) is 10.2. The fourth-order valence-corrected chi connectivity index (χ4v) is 2.55. The Hall–Kier alpha value is -0.0800. The van der Waals surface area contributed by atoms with Crippen molar-refractivity contribution in [1.29, 1.82) is 0 Å². The highest BCUT2D eigenvalue weighted by Gasteiger charge is 2.29. The van der Waals surface area contributed by atoms with Gasteiger partial charge in [0.25, 0.3) is 0 Å². The standard InChI is InChI=1S/C12H26N2/c1-5-13-9-11(4)14-8-6-7-12(14)10(2)3/h10-13H,5-9H2,1-4H3. The number of rotatable bonds is 5. The summed E-state index contributed by atoms with van der Waals surface area (Å²) in [5, 5.41) is 3.44. The minimum absolute atomic E-state index is 0.699. The van der Waals surface area contributed by atoms with Crippen molar-refractivity contribution in [3.8, 4) is 0 Å². The molecular formula is C12H26N2. The largest absolute Gasteiger partial charge is 0.315 e. The van der Waals surface area contributed by atoms with Crippen LogP contribution < -0.4 is 5.32 Å². The van der Waals surface area contributed by atoms with E-state index in [1.165, 1.54) is 19.4 Å². The highest BCUT2D eigenvalue weighted by atomic mass is 15.2. The molecule has 1 fully saturated rings. The molecule has 1 rings (SSSR count). The highest BCUT2D eigenvalue weighted by molar-refractivity contribution is 4.85. The fourth-order valence-electron chi connectivity index (χ4n) is 2.55. The first-order chi connectivity index (χ1) is 6.66. The zero-order chi connectivity index (χ0) is 10.6. The summed E-state index contributed by atoms with van der Waals surface area (Å²) >= 11 is 0. The molecule has 2 nitrogen and oxygen atoms in total. The van der Waals surface area contributed by atoms with Crippen LogP contribution in [0.5, 0.6) is 0 Å². The molecule has 2 heteroatoms. The van der Waals surface area contributed by atoms with E-state index in [1.54, 1.807) is 0 Å². The van der Waals surface area contributed by atoms with Crippen LogP contribution in [0, 0.1) is 5.92 Å². The van der Waals surface area contributed by atoms with Crippen LogP contribution in [0.3, 0.4) is 0 Å². The molecule has 2 atom stereocenters. The van der Waals surface area contributed by atoms with Gasteiger partial charge in [0.1, 0.15) is 0 Å². The summed E-state index contributed by atoms with van der Waals surface area (Å²) in [6.07, 6.45) is 2.79. The van der Waals surface area contributed by atoms with Crippen molar-refractivity contribution in [1.82, 2.24) is 10.2 Å². The third-order valence-corrected chi connectivity index (χ3v) is 3.37. The van der Waals surface area contributed by atoms with Gasteiger partial charge < -0.3 is 5.32 Å². The van der Waals surface area contributed by atoms with Crippen molar-refractivity contribution in [2.45, 2.75) is 52.6 Å². The van der Waals surface area contributed by atoms with Crippen LogP contribution >= 0.6 is 0 Å². The van der Waals surface area contributed by atoms with E-state index in [0.29, 0.717) is 6.04 Å². The van der Waals surface area contributed by atoms with Gasteiger partial charge in [-0.25, -0.2) is 0 Å². The maximum Gasteiger partial charge on any atom is 0.0195 e. The maximum atomic E-state index is 3.44. The Morgan fingerprint density at radius 2 is 2.07 bits per heavy atom. The predicted molar refractivity (Wildman–Crippen MR) is 62.6 cm³/mol. The molecule has 2 unspecified atom stereocenters. The van der Waals surface area contributed by atoms with E-state index in [4.69, 9.17) is 0 Å². The van der Waals surface area contributed by atoms with E-state index in [9.17, 15) is 0 Å². The third-order valence-electron chi connectivity index (χ3n) is 3.37. The average Bonchev–Trinajstić information content (AvgIpc) is 2.62. The van der Waals surface area contributed by atoms with Gasteiger partial charge in [0.05, 0.1) is 0 Å². The number of hydrogen-bond acceptors (Lipinski definition) is 2. The number of likely N-dealkylation sites (tertiary alicyclic amines) is 1. The summed E-state index contributed by atoms with van der Waals surface area (Å²) in [7, 11) is 0. The SMILES string of the molecule is CCNCC(C)N1CCCC1C(C)C. The summed E-state index contributed by atoms with van der Waals surface area (Å²) in [5.74, 6) is 0.807. The molecule has 1 heterocycles. The van der Waals surface area contributed by atoms with Crippen LogP contribution in [-0.4, -0.2) is 36.6 Å². The molecule has 1 saturated heterocycles. The van der Waals surface area contributed by atoms with Gasteiger partial charge in [0, 0.05) is 18.6 Å². The van der Waals surface area contributed by atoms with Crippen LogP contribution in [0.1, 0.15) is 40.5 Å². The van der Waals surface area contributed by atoms with E-state index >= 15 is 0 Å². The third kappa shape index (κ3) is 2.96. The van der Waals surface area contributed by atoms with Crippen molar-refractivity contribution in [3.05, 3.63) is 0 Å². The van der Waals surface area contributed by atoms with Gasteiger partial charge in [-0.05, 0) is 38.8 Å². The van der Waals surface area contributed by atoms with Crippen LogP contribution in [0.2, 0.25) is 0 Å². The van der Waals surface area contributed by atoms with Crippen LogP contribution in [-0.2, 0) is 0 Å². The molecule has 1 aliphatic rings. The molecule has 0 radical (unpaired) electrons. The average molecular weight is 198 g/mol. The van der Waals surface area contributed by atoms with Crippen molar-refractivity contribution in [3.63, 3.8) is 0 Å². The molecule has 1 aliphatic heterocycles. The number of hydrogen-bond donors (Lipinski definition) is 1. The quantitative estimate of drug-likeness (QED) is 0.728. The minimum Gasteiger partial charge on any atom is -0.315 e. The Morgan fingerprint density at radius 1 is 1.36 bits per heavy atom. The second-order valence-corrected chi connectivity index (χ2v) is 4.85. The van der Waals surface area contributed by atoms with Crippen LogP contribution in [0.15, 0.2) is 0 Å². The second-order valence-electron chi connectivity index (χ2n) is 4.85. The molecule has 14 heavy (non-hydrogen) atoms. The fraction of sp³-hybridized carbons (Fsp3) is 1.00. The number of nitrogens with zero attached hydrogens (tertiary/aromatic N) is 1. The summed E-state index contributed by atoms with van der Waals surface area (Å²) in [6, 6.07) is 1.52. The molecule has 0 amide bonds. The first kappa shape index (κ1) is 12.0. The van der Waals surface area contributed by atoms with E-state index in [0.717, 1.165) is 25.0 Å². The lowest BCUT2D eigenvalue weighted by molar-refractivity contribution is 0.153. The van der Waals surface area contributed by atoms with Crippen molar-refractivity contribution in [2.24, 2.45) is 5.92 Å². The minimum atomic E-state index is 0.699. The molecule has 0 aromatic carbocycles. The molecular weight excluding hydrogens is 172 g/mol. The van der Waals surface area contributed by atoms with E-state index in [2.05, 4.69) is 37.9 Å². The lowest BCUT2D eigenvalue weighted by Crippen LogP contribution is -2.44. The Kier molecular flexibility index (Phi) is 4.90.